The maximum Gasteiger partial charge on any atom is 0.308 e. The number of carbonyl (C=O) groups excluding carboxylic acids is 2. The fourth-order valence-corrected chi connectivity index (χ4v) is 1.46. The largest absolute Gasteiger partial charge is 0.466 e. The number of hydrogen-bond acceptors (Lipinski definition) is 4. The van der Waals surface area contributed by atoms with E-state index >= 15 is 0 Å². The van der Waals surface area contributed by atoms with E-state index in [0.717, 1.165) is 11.3 Å². The number of benzene rings is 1. The molecule has 5 nitrogen and oxygen atoms in total. The van der Waals surface area contributed by atoms with Gasteiger partial charge in [0.1, 0.15) is 6.04 Å². The molecule has 1 rings (SSSR count). The van der Waals surface area contributed by atoms with Crippen molar-refractivity contribution in [1.82, 2.24) is 0 Å². The quantitative estimate of drug-likeness (QED) is 0.744. The van der Waals surface area contributed by atoms with Gasteiger partial charge in [-0.05, 0) is 26.0 Å². The topological polar surface area (TPSA) is 81.4 Å². The van der Waals surface area contributed by atoms with Gasteiger partial charge in [-0.2, -0.15) is 0 Å². The van der Waals surface area contributed by atoms with Gasteiger partial charge in [-0.15, -0.1) is 0 Å². The van der Waals surface area contributed by atoms with E-state index in [1.54, 1.807) is 6.92 Å². The number of primary amides is 1. The molecule has 98 valence electrons. The van der Waals surface area contributed by atoms with Gasteiger partial charge in [0.25, 0.3) is 0 Å². The SMILES string of the molecule is CCOC(=O)CC(Nc1ccc(C)cc1)C(N)=O. The minimum Gasteiger partial charge on any atom is -0.466 e. The first-order valence-corrected chi connectivity index (χ1v) is 5.81. The molecule has 3 N–H and O–H groups in total. The number of aryl methyl sites for hydroxylation is 1. The van der Waals surface area contributed by atoms with E-state index in [0.29, 0.717) is 0 Å². The third kappa shape index (κ3) is 4.45. The Hall–Kier alpha value is -2.04. The monoisotopic (exact) mass is 250 g/mol. The van der Waals surface area contributed by atoms with Crippen LogP contribution in [-0.4, -0.2) is 24.5 Å². The molecule has 5 heteroatoms. The van der Waals surface area contributed by atoms with Crippen molar-refractivity contribution >= 4 is 17.6 Å². The van der Waals surface area contributed by atoms with Crippen LogP contribution >= 0.6 is 0 Å². The smallest absolute Gasteiger partial charge is 0.308 e. The van der Waals surface area contributed by atoms with Gasteiger partial charge in [-0.3, -0.25) is 9.59 Å². The molecule has 0 radical (unpaired) electrons. The Balaban J connectivity index is 2.65. The highest BCUT2D eigenvalue weighted by atomic mass is 16.5. The van der Waals surface area contributed by atoms with E-state index in [1.807, 2.05) is 31.2 Å². The van der Waals surface area contributed by atoms with Gasteiger partial charge in [0.05, 0.1) is 13.0 Å². The Morgan fingerprint density at radius 2 is 1.94 bits per heavy atom. The molecule has 0 aliphatic rings. The highest BCUT2D eigenvalue weighted by Crippen LogP contribution is 2.11. The van der Waals surface area contributed by atoms with Gasteiger partial charge in [0.2, 0.25) is 5.91 Å². The average molecular weight is 250 g/mol. The minimum atomic E-state index is -0.758. The maximum absolute atomic E-state index is 11.3. The van der Waals surface area contributed by atoms with Crippen LogP contribution < -0.4 is 11.1 Å². The molecular formula is C13H18N2O3. The molecule has 0 aromatic heterocycles. The lowest BCUT2D eigenvalue weighted by atomic mass is 10.1. The predicted octanol–water partition coefficient (Wildman–Crippen LogP) is 1.21. The number of nitrogens with one attached hydrogen (secondary N) is 1. The number of amides is 1. The summed E-state index contributed by atoms with van der Waals surface area (Å²) < 4.78 is 4.79. The maximum atomic E-state index is 11.3. The summed E-state index contributed by atoms with van der Waals surface area (Å²) in [6.07, 6.45) is -0.0724. The van der Waals surface area contributed by atoms with Gasteiger partial charge in [-0.25, -0.2) is 0 Å². The fraction of sp³-hybridized carbons (Fsp3) is 0.385. The second-order valence-corrected chi connectivity index (χ2v) is 3.97. The van der Waals surface area contributed by atoms with Crippen LogP contribution in [0.5, 0.6) is 0 Å². The van der Waals surface area contributed by atoms with Crippen molar-refractivity contribution in [3.8, 4) is 0 Å². The Morgan fingerprint density at radius 1 is 1.33 bits per heavy atom. The van der Waals surface area contributed by atoms with Crippen LogP contribution in [-0.2, 0) is 14.3 Å². The molecule has 1 aromatic carbocycles. The minimum absolute atomic E-state index is 0.0724. The predicted molar refractivity (Wildman–Crippen MR) is 69.0 cm³/mol. The standard InChI is InChI=1S/C13H18N2O3/c1-3-18-12(16)8-11(13(14)17)15-10-6-4-9(2)5-7-10/h4-7,11,15H,3,8H2,1-2H3,(H2,14,17). The Kier molecular flexibility index (Phi) is 5.17. The van der Waals surface area contributed by atoms with Crippen LogP contribution in [0.25, 0.3) is 0 Å². The van der Waals surface area contributed by atoms with Crippen LogP contribution in [0.2, 0.25) is 0 Å². The molecule has 1 amide bonds. The lowest BCUT2D eigenvalue weighted by Gasteiger charge is -2.16. The Morgan fingerprint density at radius 3 is 2.44 bits per heavy atom. The molecule has 0 aliphatic carbocycles. The summed E-state index contributed by atoms with van der Waals surface area (Å²) in [7, 11) is 0. The number of esters is 1. The molecule has 1 atom stereocenters. The zero-order valence-electron chi connectivity index (χ0n) is 10.6. The highest BCUT2D eigenvalue weighted by molar-refractivity contribution is 5.87. The van der Waals surface area contributed by atoms with Crippen molar-refractivity contribution in [2.75, 3.05) is 11.9 Å². The number of carbonyl (C=O) groups is 2. The molecule has 18 heavy (non-hydrogen) atoms. The zero-order chi connectivity index (χ0) is 13.5. The van der Waals surface area contributed by atoms with Crippen LogP contribution in [0, 0.1) is 6.92 Å². The highest BCUT2D eigenvalue weighted by Gasteiger charge is 2.19. The molecule has 0 fully saturated rings. The molecular weight excluding hydrogens is 232 g/mol. The molecule has 1 aromatic rings. The first-order valence-electron chi connectivity index (χ1n) is 5.81. The second-order valence-electron chi connectivity index (χ2n) is 3.97. The van der Waals surface area contributed by atoms with Crippen LogP contribution in [0.4, 0.5) is 5.69 Å². The summed E-state index contributed by atoms with van der Waals surface area (Å²) in [4.78, 5) is 22.6. The normalized spacial score (nSPS) is 11.7. The lowest BCUT2D eigenvalue weighted by molar-refractivity contribution is -0.144. The van der Waals surface area contributed by atoms with Crippen molar-refractivity contribution in [2.24, 2.45) is 5.73 Å². The van der Waals surface area contributed by atoms with Crippen molar-refractivity contribution in [2.45, 2.75) is 26.3 Å². The van der Waals surface area contributed by atoms with Crippen molar-refractivity contribution in [3.05, 3.63) is 29.8 Å². The number of nitrogens with two attached hydrogens (primary N) is 1. The zero-order valence-corrected chi connectivity index (χ0v) is 10.6. The molecule has 1 unspecified atom stereocenters. The fourth-order valence-electron chi connectivity index (χ4n) is 1.46. The van der Waals surface area contributed by atoms with Crippen molar-refractivity contribution < 1.29 is 14.3 Å². The summed E-state index contributed by atoms with van der Waals surface area (Å²) in [6, 6.07) is 6.72. The van der Waals surface area contributed by atoms with E-state index in [9.17, 15) is 9.59 Å². The van der Waals surface area contributed by atoms with E-state index in [1.165, 1.54) is 0 Å². The third-order valence-electron chi connectivity index (χ3n) is 2.41. The molecule has 0 bridgehead atoms. The van der Waals surface area contributed by atoms with Gasteiger partial charge >= 0.3 is 5.97 Å². The van der Waals surface area contributed by atoms with E-state index < -0.39 is 17.9 Å². The van der Waals surface area contributed by atoms with E-state index in [-0.39, 0.29) is 13.0 Å². The van der Waals surface area contributed by atoms with Crippen LogP contribution in [0.3, 0.4) is 0 Å². The summed E-state index contributed by atoms with van der Waals surface area (Å²) in [5, 5.41) is 2.92. The summed E-state index contributed by atoms with van der Waals surface area (Å²) in [5.41, 5.74) is 7.11. The second kappa shape index (κ2) is 6.64. The summed E-state index contributed by atoms with van der Waals surface area (Å²) in [6.45, 7) is 3.97. The van der Waals surface area contributed by atoms with Gasteiger partial charge in [0, 0.05) is 5.69 Å². The van der Waals surface area contributed by atoms with Gasteiger partial charge in [0.15, 0.2) is 0 Å². The van der Waals surface area contributed by atoms with Crippen molar-refractivity contribution in [1.29, 1.82) is 0 Å². The lowest BCUT2D eigenvalue weighted by Crippen LogP contribution is -2.37. The molecule has 0 aliphatic heterocycles. The number of hydrogen-bond donors (Lipinski definition) is 2. The number of rotatable bonds is 6. The average Bonchev–Trinajstić information content (AvgIpc) is 2.31. The Labute approximate surface area is 106 Å². The number of anilines is 1. The van der Waals surface area contributed by atoms with Crippen LogP contribution in [0.1, 0.15) is 18.9 Å². The number of ether oxygens (including phenoxy) is 1. The van der Waals surface area contributed by atoms with Crippen LogP contribution in [0.15, 0.2) is 24.3 Å². The Bertz CT molecular complexity index is 415. The summed E-state index contributed by atoms with van der Waals surface area (Å²) in [5.74, 6) is -1.02. The van der Waals surface area contributed by atoms with E-state index in [4.69, 9.17) is 10.5 Å². The van der Waals surface area contributed by atoms with Gasteiger partial charge < -0.3 is 15.8 Å². The van der Waals surface area contributed by atoms with Crippen molar-refractivity contribution in [3.63, 3.8) is 0 Å². The summed E-state index contributed by atoms with van der Waals surface area (Å²) >= 11 is 0. The molecule has 0 spiro atoms. The third-order valence-corrected chi connectivity index (χ3v) is 2.41. The molecule has 0 saturated carbocycles. The first-order chi connectivity index (χ1) is 8.52. The molecule has 0 heterocycles. The van der Waals surface area contributed by atoms with E-state index in [2.05, 4.69) is 5.32 Å². The molecule has 0 saturated heterocycles. The van der Waals surface area contributed by atoms with Gasteiger partial charge in [-0.1, -0.05) is 17.7 Å². The first kappa shape index (κ1) is 14.0.